The molecule has 2 aromatic carbocycles. The number of aryl methyl sites for hydroxylation is 1. The maximum Gasteiger partial charge on any atom is 0.194 e. The van der Waals surface area contributed by atoms with Crippen molar-refractivity contribution in [3.8, 4) is 22.9 Å². The first-order valence-electron chi connectivity index (χ1n) is 11.6. The Morgan fingerprint density at radius 1 is 1.10 bits per heavy atom. The third-order valence-electron chi connectivity index (χ3n) is 6.42. The lowest BCUT2D eigenvalue weighted by atomic mass is 9.92. The van der Waals surface area contributed by atoms with E-state index in [0.29, 0.717) is 5.02 Å². The maximum absolute atomic E-state index is 13.8. The SMILES string of the molecule is Cc1nc([C@@H]2O[C@H](CO)[C@H](O)[C@H](n3cc(-c4cc(F)c(F)c(F)c4)cn3)[C@H]2O)n(-c2cc(Cl)ccc2C#N)n1. The molecule has 0 spiro atoms. The third kappa shape index (κ3) is 4.77. The van der Waals surface area contributed by atoms with Gasteiger partial charge in [0.2, 0.25) is 0 Å². The zero-order chi connectivity index (χ0) is 28.0. The minimum absolute atomic E-state index is 0.0238. The standard InChI is InChI=1S/C25H20ClF3N6O4/c1-11-32-25(35(33-11)18-6-15(26)3-2-12(18)7-30)24-23(38)21(22(37)19(10-36)39-24)34-9-14(8-31-34)13-4-16(27)20(29)17(28)5-13/h2-6,8-9,19,21-24,36-38H,10H2,1H3/t19-,21+,22+,23-,24-/m1/s1. The van der Waals surface area contributed by atoms with E-state index in [0.717, 1.165) is 16.8 Å². The number of hydrogen-bond acceptors (Lipinski definition) is 8. The molecule has 10 nitrogen and oxygen atoms in total. The van der Waals surface area contributed by atoms with Gasteiger partial charge in [-0.1, -0.05) is 11.6 Å². The quantitative estimate of drug-likeness (QED) is 0.316. The summed E-state index contributed by atoms with van der Waals surface area (Å²) >= 11 is 6.15. The van der Waals surface area contributed by atoms with Crippen LogP contribution in [0.15, 0.2) is 42.7 Å². The second kappa shape index (κ2) is 10.4. The highest BCUT2D eigenvalue weighted by Gasteiger charge is 2.48. The van der Waals surface area contributed by atoms with Crippen LogP contribution in [-0.4, -0.2) is 64.8 Å². The van der Waals surface area contributed by atoms with E-state index in [1.165, 1.54) is 35.3 Å². The van der Waals surface area contributed by atoms with Crippen LogP contribution >= 0.6 is 11.6 Å². The van der Waals surface area contributed by atoms with Crippen molar-refractivity contribution in [2.24, 2.45) is 0 Å². The molecule has 202 valence electrons. The van der Waals surface area contributed by atoms with E-state index in [1.807, 2.05) is 6.07 Å². The fourth-order valence-electron chi connectivity index (χ4n) is 4.57. The van der Waals surface area contributed by atoms with Crippen LogP contribution in [0.3, 0.4) is 0 Å². The molecule has 0 radical (unpaired) electrons. The van der Waals surface area contributed by atoms with E-state index < -0.39 is 54.5 Å². The molecule has 1 fully saturated rings. The molecule has 0 amide bonds. The molecule has 1 aliphatic rings. The molecule has 3 N–H and O–H groups in total. The van der Waals surface area contributed by atoms with Crippen LogP contribution < -0.4 is 0 Å². The fraction of sp³-hybridized carbons (Fsp3) is 0.280. The fourth-order valence-corrected chi connectivity index (χ4v) is 4.73. The van der Waals surface area contributed by atoms with Gasteiger partial charge >= 0.3 is 0 Å². The van der Waals surface area contributed by atoms with Gasteiger partial charge < -0.3 is 20.1 Å². The topological polar surface area (TPSA) is 142 Å². The molecule has 4 aromatic rings. The number of benzene rings is 2. The molecule has 2 aromatic heterocycles. The first-order chi connectivity index (χ1) is 18.6. The van der Waals surface area contributed by atoms with Crippen molar-refractivity contribution in [3.05, 3.63) is 82.4 Å². The van der Waals surface area contributed by atoms with Gasteiger partial charge in [0.1, 0.15) is 42.4 Å². The van der Waals surface area contributed by atoms with Gasteiger partial charge in [-0.2, -0.15) is 15.5 Å². The normalized spacial score (nSPS) is 23.1. The number of halogens is 4. The van der Waals surface area contributed by atoms with Crippen LogP contribution in [0.1, 0.15) is 29.4 Å². The van der Waals surface area contributed by atoms with Gasteiger partial charge in [0, 0.05) is 16.8 Å². The van der Waals surface area contributed by atoms with Gasteiger partial charge in [0.15, 0.2) is 23.3 Å². The number of ether oxygens (including phenoxy) is 1. The number of nitrogens with zero attached hydrogens (tertiary/aromatic N) is 6. The average molecular weight is 561 g/mol. The maximum atomic E-state index is 13.8. The zero-order valence-corrected chi connectivity index (χ0v) is 20.8. The Balaban J connectivity index is 1.57. The van der Waals surface area contributed by atoms with E-state index in [2.05, 4.69) is 15.2 Å². The molecule has 0 aliphatic carbocycles. The lowest BCUT2D eigenvalue weighted by Crippen LogP contribution is -2.53. The number of rotatable bonds is 5. The molecule has 5 atom stereocenters. The van der Waals surface area contributed by atoms with Crippen LogP contribution in [0.25, 0.3) is 16.8 Å². The molecule has 0 unspecified atom stereocenters. The molecule has 0 bridgehead atoms. The molecular weight excluding hydrogens is 541 g/mol. The van der Waals surface area contributed by atoms with Crippen LogP contribution in [0.4, 0.5) is 13.2 Å². The Bertz CT molecular complexity index is 1570. The van der Waals surface area contributed by atoms with E-state index in [4.69, 9.17) is 16.3 Å². The Morgan fingerprint density at radius 3 is 2.49 bits per heavy atom. The molecular formula is C25H20ClF3N6O4. The highest BCUT2D eigenvalue weighted by Crippen LogP contribution is 2.39. The lowest BCUT2D eigenvalue weighted by molar-refractivity contribution is -0.210. The van der Waals surface area contributed by atoms with Gasteiger partial charge in [-0.15, -0.1) is 0 Å². The minimum atomic E-state index is -1.62. The lowest BCUT2D eigenvalue weighted by Gasteiger charge is -2.41. The molecule has 1 aliphatic heterocycles. The highest BCUT2D eigenvalue weighted by molar-refractivity contribution is 6.30. The number of aliphatic hydroxyl groups is 3. The Hall–Kier alpha value is -3.80. The monoisotopic (exact) mass is 560 g/mol. The van der Waals surface area contributed by atoms with Gasteiger partial charge in [-0.3, -0.25) is 4.68 Å². The van der Waals surface area contributed by atoms with Crippen LogP contribution in [-0.2, 0) is 4.74 Å². The van der Waals surface area contributed by atoms with Crippen molar-refractivity contribution in [1.82, 2.24) is 24.5 Å². The van der Waals surface area contributed by atoms with Gasteiger partial charge in [0.05, 0.1) is 24.1 Å². The Kier molecular flexibility index (Phi) is 7.15. The summed E-state index contributed by atoms with van der Waals surface area (Å²) in [4.78, 5) is 4.37. The second-order valence-electron chi connectivity index (χ2n) is 8.91. The first kappa shape index (κ1) is 26.8. The van der Waals surface area contributed by atoms with Crippen molar-refractivity contribution < 1.29 is 33.2 Å². The van der Waals surface area contributed by atoms with E-state index in [9.17, 15) is 33.8 Å². The number of aliphatic hydroxyl groups excluding tert-OH is 3. The van der Waals surface area contributed by atoms with Gasteiger partial charge in [-0.05, 0) is 42.8 Å². The Labute approximate surface area is 224 Å². The van der Waals surface area contributed by atoms with Crippen molar-refractivity contribution in [1.29, 1.82) is 5.26 Å². The summed E-state index contributed by atoms with van der Waals surface area (Å²) in [6.45, 7) is 0.944. The smallest absolute Gasteiger partial charge is 0.194 e. The zero-order valence-electron chi connectivity index (χ0n) is 20.1. The van der Waals surface area contributed by atoms with Gasteiger partial charge in [-0.25, -0.2) is 22.8 Å². The third-order valence-corrected chi connectivity index (χ3v) is 6.65. The summed E-state index contributed by atoms with van der Waals surface area (Å²) in [5.41, 5.74) is 0.625. The molecule has 1 saturated heterocycles. The summed E-state index contributed by atoms with van der Waals surface area (Å²) in [7, 11) is 0. The van der Waals surface area contributed by atoms with Crippen molar-refractivity contribution >= 4 is 11.6 Å². The van der Waals surface area contributed by atoms with E-state index in [1.54, 1.807) is 6.92 Å². The minimum Gasteiger partial charge on any atom is -0.394 e. The summed E-state index contributed by atoms with van der Waals surface area (Å²) in [6, 6.07) is 6.90. The number of hydrogen-bond donors (Lipinski definition) is 3. The summed E-state index contributed by atoms with van der Waals surface area (Å²) in [5.74, 6) is -4.07. The molecule has 39 heavy (non-hydrogen) atoms. The second-order valence-corrected chi connectivity index (χ2v) is 9.35. The van der Waals surface area contributed by atoms with Crippen molar-refractivity contribution in [2.75, 3.05) is 6.61 Å². The molecule has 5 rings (SSSR count). The molecule has 3 heterocycles. The van der Waals surface area contributed by atoms with Crippen molar-refractivity contribution in [2.45, 2.75) is 37.4 Å². The van der Waals surface area contributed by atoms with Crippen LogP contribution in [0, 0.1) is 35.7 Å². The molecule has 14 heteroatoms. The summed E-state index contributed by atoms with van der Waals surface area (Å²) in [5, 5.41) is 50.7. The van der Waals surface area contributed by atoms with Gasteiger partial charge in [0.25, 0.3) is 0 Å². The molecule has 0 saturated carbocycles. The number of nitriles is 1. The summed E-state index contributed by atoms with van der Waals surface area (Å²) in [6.07, 6.45) is -2.98. The predicted octanol–water partition coefficient (Wildman–Crippen LogP) is 2.78. The van der Waals surface area contributed by atoms with Crippen LogP contribution in [0.5, 0.6) is 0 Å². The van der Waals surface area contributed by atoms with E-state index in [-0.39, 0.29) is 34.0 Å². The Morgan fingerprint density at radius 2 is 1.82 bits per heavy atom. The average Bonchev–Trinajstić information content (AvgIpc) is 3.54. The predicted molar refractivity (Wildman–Crippen MR) is 129 cm³/mol. The highest BCUT2D eigenvalue weighted by atomic mass is 35.5. The van der Waals surface area contributed by atoms with E-state index >= 15 is 0 Å². The number of aromatic nitrogens is 5. The summed E-state index contributed by atoms with van der Waals surface area (Å²) < 4.78 is 49.3. The van der Waals surface area contributed by atoms with Crippen molar-refractivity contribution in [3.63, 3.8) is 0 Å². The first-order valence-corrected chi connectivity index (χ1v) is 12.0. The largest absolute Gasteiger partial charge is 0.394 e. The van der Waals surface area contributed by atoms with Crippen LogP contribution in [0.2, 0.25) is 5.02 Å².